The maximum absolute atomic E-state index is 13.5. The van der Waals surface area contributed by atoms with Gasteiger partial charge >= 0.3 is 5.97 Å². The highest BCUT2D eigenvalue weighted by Gasteiger charge is 2.18. The smallest absolute Gasteiger partial charge is 0.306 e. The van der Waals surface area contributed by atoms with Crippen LogP contribution in [0.4, 0.5) is 4.39 Å². The molecule has 18 heavy (non-hydrogen) atoms. The van der Waals surface area contributed by atoms with Gasteiger partial charge in [-0.05, 0) is 43.4 Å². The average molecular weight is 252 g/mol. The van der Waals surface area contributed by atoms with Gasteiger partial charge in [0.25, 0.3) is 0 Å². The van der Waals surface area contributed by atoms with Gasteiger partial charge in [-0.2, -0.15) is 0 Å². The van der Waals surface area contributed by atoms with E-state index in [-0.39, 0.29) is 11.7 Å². The van der Waals surface area contributed by atoms with Crippen LogP contribution in [-0.2, 0) is 11.2 Å². The number of rotatable bonds is 6. The summed E-state index contributed by atoms with van der Waals surface area (Å²) >= 11 is 0. The van der Waals surface area contributed by atoms with Crippen LogP contribution in [0.25, 0.3) is 0 Å². The minimum absolute atomic E-state index is 0.195. The van der Waals surface area contributed by atoms with Crippen LogP contribution in [0.2, 0.25) is 0 Å². The first-order chi connectivity index (χ1) is 8.45. The standard InChI is InChI=1S/C15H21FO2/c1-4-5-6-13(15(17)18)9-12-7-10(2)14(16)11(3)8-12/h7-8,13H,4-6,9H2,1-3H3,(H,17,18)/t13-/m0/s1. The molecule has 0 fully saturated rings. The molecule has 0 saturated carbocycles. The summed E-state index contributed by atoms with van der Waals surface area (Å²) in [7, 11) is 0. The van der Waals surface area contributed by atoms with Crippen molar-refractivity contribution in [2.24, 2.45) is 5.92 Å². The maximum atomic E-state index is 13.5. The van der Waals surface area contributed by atoms with E-state index in [9.17, 15) is 14.3 Å². The lowest BCUT2D eigenvalue weighted by Gasteiger charge is -2.13. The Bertz CT molecular complexity index is 403. The lowest BCUT2D eigenvalue weighted by atomic mass is 9.92. The van der Waals surface area contributed by atoms with E-state index in [0.29, 0.717) is 24.0 Å². The molecule has 100 valence electrons. The van der Waals surface area contributed by atoms with Crippen LogP contribution in [0.15, 0.2) is 12.1 Å². The van der Waals surface area contributed by atoms with Crippen molar-refractivity contribution in [3.63, 3.8) is 0 Å². The molecule has 0 aliphatic carbocycles. The summed E-state index contributed by atoms with van der Waals surface area (Å²) in [5.74, 6) is -1.32. The van der Waals surface area contributed by atoms with Gasteiger partial charge in [0.05, 0.1) is 5.92 Å². The number of benzene rings is 1. The molecule has 0 saturated heterocycles. The van der Waals surface area contributed by atoms with Crippen LogP contribution >= 0.6 is 0 Å². The molecule has 0 aliphatic rings. The number of hydrogen-bond acceptors (Lipinski definition) is 1. The second-order valence-electron chi connectivity index (χ2n) is 4.93. The molecule has 0 amide bonds. The quantitative estimate of drug-likeness (QED) is 0.834. The fraction of sp³-hybridized carbons (Fsp3) is 0.533. The zero-order valence-electron chi connectivity index (χ0n) is 11.3. The first-order valence-electron chi connectivity index (χ1n) is 6.44. The van der Waals surface area contributed by atoms with E-state index < -0.39 is 5.97 Å². The van der Waals surface area contributed by atoms with Crippen LogP contribution in [0, 0.1) is 25.6 Å². The summed E-state index contributed by atoms with van der Waals surface area (Å²) in [5.41, 5.74) is 2.09. The fourth-order valence-electron chi connectivity index (χ4n) is 2.20. The molecule has 1 atom stereocenters. The monoisotopic (exact) mass is 252 g/mol. The second-order valence-corrected chi connectivity index (χ2v) is 4.93. The summed E-state index contributed by atoms with van der Waals surface area (Å²) in [5, 5.41) is 9.18. The number of aryl methyl sites for hydroxylation is 2. The fourth-order valence-corrected chi connectivity index (χ4v) is 2.20. The summed E-state index contributed by atoms with van der Waals surface area (Å²) in [6.45, 7) is 5.48. The minimum Gasteiger partial charge on any atom is -0.481 e. The van der Waals surface area contributed by atoms with Crippen molar-refractivity contribution in [3.05, 3.63) is 34.6 Å². The molecule has 0 aliphatic heterocycles. The highest BCUT2D eigenvalue weighted by molar-refractivity contribution is 5.70. The number of carbonyl (C=O) groups is 1. The molecule has 0 bridgehead atoms. The first kappa shape index (κ1) is 14.7. The number of carboxylic acids is 1. The Morgan fingerprint density at radius 1 is 1.33 bits per heavy atom. The molecule has 0 heterocycles. The van der Waals surface area contributed by atoms with Crippen molar-refractivity contribution in [2.75, 3.05) is 0 Å². The average Bonchev–Trinajstić information content (AvgIpc) is 2.30. The number of hydrogen-bond donors (Lipinski definition) is 1. The largest absolute Gasteiger partial charge is 0.481 e. The maximum Gasteiger partial charge on any atom is 0.306 e. The zero-order chi connectivity index (χ0) is 13.7. The second kappa shape index (κ2) is 6.53. The summed E-state index contributed by atoms with van der Waals surface area (Å²) in [6, 6.07) is 3.51. The number of aliphatic carboxylic acids is 1. The molecule has 0 radical (unpaired) electrons. The third-order valence-electron chi connectivity index (χ3n) is 3.23. The van der Waals surface area contributed by atoms with Crippen LogP contribution in [-0.4, -0.2) is 11.1 Å². The van der Waals surface area contributed by atoms with E-state index in [1.807, 2.05) is 6.92 Å². The van der Waals surface area contributed by atoms with Crippen LogP contribution in [0.5, 0.6) is 0 Å². The third-order valence-corrected chi connectivity index (χ3v) is 3.23. The third kappa shape index (κ3) is 3.83. The zero-order valence-corrected chi connectivity index (χ0v) is 11.3. The molecule has 0 spiro atoms. The molecule has 0 aromatic heterocycles. The Balaban J connectivity index is 2.84. The molecule has 2 nitrogen and oxygen atoms in total. The van der Waals surface area contributed by atoms with Gasteiger partial charge in [-0.25, -0.2) is 4.39 Å². The van der Waals surface area contributed by atoms with Crippen molar-refractivity contribution in [1.82, 2.24) is 0 Å². The van der Waals surface area contributed by atoms with Gasteiger partial charge < -0.3 is 5.11 Å². The first-order valence-corrected chi connectivity index (χ1v) is 6.44. The van der Waals surface area contributed by atoms with E-state index in [4.69, 9.17) is 0 Å². The molecule has 3 heteroatoms. The van der Waals surface area contributed by atoms with E-state index in [1.165, 1.54) is 0 Å². The molecule has 1 aromatic rings. The Labute approximate surface area is 108 Å². The van der Waals surface area contributed by atoms with Gasteiger partial charge in [-0.15, -0.1) is 0 Å². The summed E-state index contributed by atoms with van der Waals surface area (Å²) in [6.07, 6.45) is 3.07. The van der Waals surface area contributed by atoms with Crippen LogP contribution in [0.1, 0.15) is 42.9 Å². The van der Waals surface area contributed by atoms with E-state index in [2.05, 4.69) is 0 Å². The molecular formula is C15H21FO2. The Morgan fingerprint density at radius 2 is 1.89 bits per heavy atom. The molecular weight excluding hydrogens is 231 g/mol. The molecule has 1 N–H and O–H groups in total. The predicted octanol–water partition coefficient (Wildman–Crippen LogP) is 3.88. The van der Waals surface area contributed by atoms with Gasteiger partial charge in [0.15, 0.2) is 0 Å². The molecule has 1 rings (SSSR count). The Morgan fingerprint density at radius 3 is 2.33 bits per heavy atom. The van der Waals surface area contributed by atoms with Gasteiger partial charge in [0.1, 0.15) is 5.82 Å². The van der Waals surface area contributed by atoms with Gasteiger partial charge in [-0.3, -0.25) is 4.79 Å². The topological polar surface area (TPSA) is 37.3 Å². The van der Waals surface area contributed by atoms with Gasteiger partial charge in [-0.1, -0.05) is 31.9 Å². The number of unbranched alkanes of at least 4 members (excludes halogenated alkanes) is 1. The predicted molar refractivity (Wildman–Crippen MR) is 70.2 cm³/mol. The highest BCUT2D eigenvalue weighted by Crippen LogP contribution is 2.20. The summed E-state index contributed by atoms with van der Waals surface area (Å²) < 4.78 is 13.5. The number of halogens is 1. The van der Waals surface area contributed by atoms with E-state index >= 15 is 0 Å². The Hall–Kier alpha value is -1.38. The van der Waals surface area contributed by atoms with Crippen LogP contribution in [0.3, 0.4) is 0 Å². The van der Waals surface area contributed by atoms with Crippen molar-refractivity contribution in [1.29, 1.82) is 0 Å². The van der Waals surface area contributed by atoms with Crippen molar-refractivity contribution < 1.29 is 14.3 Å². The molecule has 1 aromatic carbocycles. The van der Waals surface area contributed by atoms with Gasteiger partial charge in [0, 0.05) is 0 Å². The highest BCUT2D eigenvalue weighted by atomic mass is 19.1. The lowest BCUT2D eigenvalue weighted by molar-refractivity contribution is -0.142. The normalized spacial score (nSPS) is 12.4. The SMILES string of the molecule is CCCC[C@@H](Cc1cc(C)c(F)c(C)c1)C(=O)O. The lowest BCUT2D eigenvalue weighted by Crippen LogP contribution is -2.16. The minimum atomic E-state index is -0.761. The van der Waals surface area contributed by atoms with Crippen molar-refractivity contribution in [3.8, 4) is 0 Å². The summed E-state index contributed by atoms with van der Waals surface area (Å²) in [4.78, 5) is 11.2. The molecule has 0 unspecified atom stereocenters. The van der Waals surface area contributed by atoms with Crippen molar-refractivity contribution >= 4 is 5.97 Å². The van der Waals surface area contributed by atoms with E-state index in [1.54, 1.807) is 26.0 Å². The number of carboxylic acid groups (broad SMARTS) is 1. The van der Waals surface area contributed by atoms with Crippen molar-refractivity contribution in [2.45, 2.75) is 46.5 Å². The Kier molecular flexibility index (Phi) is 5.32. The van der Waals surface area contributed by atoms with E-state index in [0.717, 1.165) is 18.4 Å². The van der Waals surface area contributed by atoms with Gasteiger partial charge in [0.2, 0.25) is 0 Å². The van der Waals surface area contributed by atoms with Crippen LogP contribution < -0.4 is 0 Å².